The first-order valence-electron chi connectivity index (χ1n) is 15.9. The second kappa shape index (κ2) is 16.1. The standard InChI is InChI=1S/C16H23N5O2.C13H17N3.C6H12/c1-16(2,3)23-15(22)20-8-6-11(7-9-20)12-4-5-13-14(17)18-10-19-21(12)13;1-3-12-10(2)15-16(13(12)14)9-11-7-5-4-6-8-11;1-4-6(3)5-2/h4-5,10-11H,6-9H2,1-3H3,(H2,17,18,19);4-8H,3,9,14H2,1-2H3;4H,5H2,1-3H3/b;;6-4-. The normalized spacial score (nSPS) is 14.0. The summed E-state index contributed by atoms with van der Waals surface area (Å²) in [7, 11) is 0. The molecule has 1 saturated heterocycles. The highest BCUT2D eigenvalue weighted by Gasteiger charge is 2.28. The van der Waals surface area contributed by atoms with E-state index in [2.05, 4.69) is 61.1 Å². The summed E-state index contributed by atoms with van der Waals surface area (Å²) in [6, 6.07) is 14.2. The molecule has 45 heavy (non-hydrogen) atoms. The van der Waals surface area contributed by atoms with Gasteiger partial charge in [-0.1, -0.05) is 55.8 Å². The van der Waals surface area contributed by atoms with Crippen molar-refractivity contribution in [2.24, 2.45) is 0 Å². The number of rotatable bonds is 5. The van der Waals surface area contributed by atoms with E-state index in [0.717, 1.165) is 54.1 Å². The fraction of sp³-hybridized carbons (Fsp3) is 0.486. The molecular weight excluding hydrogens is 564 g/mol. The zero-order valence-corrected chi connectivity index (χ0v) is 28.4. The van der Waals surface area contributed by atoms with Crippen LogP contribution in [-0.2, 0) is 17.7 Å². The Kier molecular flexibility index (Phi) is 12.6. The molecule has 10 heteroatoms. The van der Waals surface area contributed by atoms with Gasteiger partial charge in [0.25, 0.3) is 0 Å². The van der Waals surface area contributed by atoms with E-state index >= 15 is 0 Å². The van der Waals surface area contributed by atoms with Crippen LogP contribution in [0.3, 0.4) is 0 Å². The lowest BCUT2D eigenvalue weighted by Gasteiger charge is -2.33. The molecule has 10 nitrogen and oxygen atoms in total. The van der Waals surface area contributed by atoms with Crippen LogP contribution in [-0.4, -0.2) is 54.1 Å². The van der Waals surface area contributed by atoms with Gasteiger partial charge in [-0.05, 0) is 84.9 Å². The summed E-state index contributed by atoms with van der Waals surface area (Å²) in [5.74, 6) is 1.63. The fourth-order valence-corrected chi connectivity index (χ4v) is 5.12. The number of amides is 1. The third-order valence-corrected chi connectivity index (χ3v) is 7.95. The molecule has 1 aliphatic heterocycles. The van der Waals surface area contributed by atoms with Crippen LogP contribution in [0.4, 0.5) is 16.4 Å². The van der Waals surface area contributed by atoms with Gasteiger partial charge in [0.05, 0.1) is 12.2 Å². The fourth-order valence-electron chi connectivity index (χ4n) is 5.12. The molecule has 244 valence electrons. The van der Waals surface area contributed by atoms with Crippen LogP contribution in [0.25, 0.3) is 5.52 Å². The molecule has 1 aromatic carbocycles. The predicted octanol–water partition coefficient (Wildman–Crippen LogP) is 7.17. The first-order chi connectivity index (χ1) is 21.4. The highest BCUT2D eigenvalue weighted by atomic mass is 16.6. The van der Waals surface area contributed by atoms with E-state index < -0.39 is 5.60 Å². The minimum atomic E-state index is -0.458. The Hall–Kier alpha value is -4.34. The van der Waals surface area contributed by atoms with E-state index in [0.29, 0.717) is 24.8 Å². The molecule has 0 bridgehead atoms. The number of ether oxygens (including phenoxy) is 1. The number of fused-ring (bicyclic) bond motifs is 1. The van der Waals surface area contributed by atoms with E-state index in [9.17, 15) is 4.79 Å². The Morgan fingerprint density at radius 2 is 1.73 bits per heavy atom. The highest BCUT2D eigenvalue weighted by molar-refractivity contribution is 5.68. The Bertz CT molecular complexity index is 1540. The lowest BCUT2D eigenvalue weighted by Crippen LogP contribution is -2.41. The maximum absolute atomic E-state index is 12.1. The molecule has 0 aliphatic carbocycles. The number of allylic oxidation sites excluding steroid dienone is 2. The van der Waals surface area contributed by atoms with Crippen LogP contribution >= 0.6 is 0 Å². The molecule has 4 aromatic rings. The maximum atomic E-state index is 12.1. The van der Waals surface area contributed by atoms with Crippen molar-refractivity contribution >= 4 is 23.2 Å². The number of nitrogens with zero attached hydrogens (tertiary/aromatic N) is 6. The summed E-state index contributed by atoms with van der Waals surface area (Å²) in [6.45, 7) is 18.3. The minimum Gasteiger partial charge on any atom is -0.444 e. The number of carbonyl (C=O) groups is 1. The number of benzene rings is 1. The second-order valence-electron chi connectivity index (χ2n) is 12.4. The molecule has 3 aromatic heterocycles. The number of nitrogens with two attached hydrogens (primary N) is 2. The topological polar surface area (TPSA) is 130 Å². The molecule has 1 aliphatic rings. The number of nitrogen functional groups attached to an aromatic ring is 2. The summed E-state index contributed by atoms with van der Waals surface area (Å²) in [5.41, 5.74) is 18.3. The van der Waals surface area contributed by atoms with Gasteiger partial charge in [-0.3, -0.25) is 0 Å². The van der Waals surface area contributed by atoms with E-state index in [4.69, 9.17) is 16.2 Å². The Morgan fingerprint density at radius 1 is 1.07 bits per heavy atom. The Morgan fingerprint density at radius 3 is 2.27 bits per heavy atom. The first kappa shape index (κ1) is 35.1. The summed E-state index contributed by atoms with van der Waals surface area (Å²) in [6.07, 6.45) is 7.28. The molecule has 1 amide bonds. The lowest BCUT2D eigenvalue weighted by molar-refractivity contribution is 0.0203. The maximum Gasteiger partial charge on any atom is 0.410 e. The molecule has 0 unspecified atom stereocenters. The third-order valence-electron chi connectivity index (χ3n) is 7.95. The third kappa shape index (κ3) is 9.83. The molecule has 1 fully saturated rings. The second-order valence-corrected chi connectivity index (χ2v) is 12.4. The Labute approximate surface area is 268 Å². The van der Waals surface area contributed by atoms with Crippen molar-refractivity contribution in [1.29, 1.82) is 0 Å². The molecule has 0 saturated carbocycles. The number of piperidine rings is 1. The monoisotopic (exact) mass is 616 g/mol. The van der Waals surface area contributed by atoms with Crippen molar-refractivity contribution in [2.45, 2.75) is 99.1 Å². The van der Waals surface area contributed by atoms with Gasteiger partial charge in [0.15, 0.2) is 5.82 Å². The van der Waals surface area contributed by atoms with Gasteiger partial charge in [-0.2, -0.15) is 10.2 Å². The first-order valence-corrected chi connectivity index (χ1v) is 15.9. The largest absolute Gasteiger partial charge is 0.444 e. The van der Waals surface area contributed by atoms with Crippen LogP contribution in [0.15, 0.2) is 60.4 Å². The van der Waals surface area contributed by atoms with E-state index in [1.165, 1.54) is 23.9 Å². The number of aryl methyl sites for hydroxylation is 1. The summed E-state index contributed by atoms with van der Waals surface area (Å²) >= 11 is 0. The molecule has 4 N–H and O–H groups in total. The van der Waals surface area contributed by atoms with Crippen molar-refractivity contribution in [3.05, 3.63) is 83.0 Å². The quantitative estimate of drug-likeness (QED) is 0.227. The minimum absolute atomic E-state index is 0.234. The highest BCUT2D eigenvalue weighted by Crippen LogP contribution is 2.30. The number of anilines is 2. The summed E-state index contributed by atoms with van der Waals surface area (Å²) < 4.78 is 9.17. The number of likely N-dealkylation sites (tertiary alicyclic amines) is 1. The Balaban J connectivity index is 0.000000217. The van der Waals surface area contributed by atoms with Gasteiger partial charge in [0.1, 0.15) is 23.3 Å². The van der Waals surface area contributed by atoms with Crippen molar-refractivity contribution in [3.63, 3.8) is 0 Å². The van der Waals surface area contributed by atoms with E-state index in [-0.39, 0.29) is 6.09 Å². The van der Waals surface area contributed by atoms with Gasteiger partial charge in [-0.25, -0.2) is 19.0 Å². The van der Waals surface area contributed by atoms with Crippen LogP contribution < -0.4 is 11.5 Å². The number of hydrogen-bond donors (Lipinski definition) is 2. The van der Waals surface area contributed by atoms with Gasteiger partial charge >= 0.3 is 6.09 Å². The lowest BCUT2D eigenvalue weighted by atomic mass is 9.94. The van der Waals surface area contributed by atoms with Crippen molar-refractivity contribution in [2.75, 3.05) is 24.6 Å². The molecule has 5 rings (SSSR count). The molecule has 0 atom stereocenters. The van der Waals surface area contributed by atoms with Crippen molar-refractivity contribution in [1.82, 2.24) is 29.3 Å². The average molecular weight is 617 g/mol. The zero-order chi connectivity index (χ0) is 33.1. The van der Waals surface area contributed by atoms with Gasteiger partial charge in [0.2, 0.25) is 0 Å². The molecule has 0 radical (unpaired) electrons. The number of carbonyl (C=O) groups excluding carboxylic acids is 1. The molecule has 4 heterocycles. The smallest absolute Gasteiger partial charge is 0.410 e. The van der Waals surface area contributed by atoms with Gasteiger partial charge in [0, 0.05) is 30.3 Å². The van der Waals surface area contributed by atoms with Crippen LogP contribution in [0.5, 0.6) is 0 Å². The summed E-state index contributed by atoms with van der Waals surface area (Å²) in [4.78, 5) is 17.9. The van der Waals surface area contributed by atoms with Crippen LogP contribution in [0.2, 0.25) is 0 Å². The SMILES string of the molecule is C/C=C(/C)CC.CC(C)(C)OC(=O)N1CCC(c2ccc3c(N)ncnn23)CC1.CCc1c(C)nn(Cc2ccccc2)c1N. The molecular formula is C35H52N8O2. The number of aromatic nitrogens is 5. The van der Waals surface area contributed by atoms with Crippen molar-refractivity contribution < 1.29 is 9.53 Å². The van der Waals surface area contributed by atoms with E-state index in [1.807, 2.05) is 67.2 Å². The zero-order valence-electron chi connectivity index (χ0n) is 28.4. The summed E-state index contributed by atoms with van der Waals surface area (Å²) in [5, 5.41) is 8.77. The van der Waals surface area contributed by atoms with Gasteiger partial charge in [-0.15, -0.1) is 0 Å². The van der Waals surface area contributed by atoms with Crippen LogP contribution in [0.1, 0.15) is 96.2 Å². The van der Waals surface area contributed by atoms with Crippen LogP contribution in [0, 0.1) is 6.92 Å². The number of hydrogen-bond acceptors (Lipinski definition) is 7. The average Bonchev–Trinajstić information content (AvgIpc) is 3.57. The predicted molar refractivity (Wildman–Crippen MR) is 183 cm³/mol. The molecule has 0 spiro atoms. The van der Waals surface area contributed by atoms with E-state index in [1.54, 1.807) is 4.90 Å². The van der Waals surface area contributed by atoms with Crippen molar-refractivity contribution in [3.8, 4) is 0 Å². The van der Waals surface area contributed by atoms with Gasteiger partial charge < -0.3 is 21.1 Å².